The zero-order valence-electron chi connectivity index (χ0n) is 16.1. The highest BCUT2D eigenvalue weighted by molar-refractivity contribution is 7.89. The number of nitrogens with one attached hydrogen (secondary N) is 1. The van der Waals surface area contributed by atoms with Gasteiger partial charge in [0.05, 0.1) is 17.5 Å². The molecule has 0 spiro atoms. The van der Waals surface area contributed by atoms with Crippen LogP contribution < -0.4 is 10.1 Å². The molecule has 6 nitrogen and oxygen atoms in total. The Balaban J connectivity index is 2.15. The standard InChI is InChI=1S/C19H30N2O4S/c1-5-21(13-19(22)20-14(2)3)26(23,24)17-10-11-18(15(4)12-17)25-16-8-6-7-9-16/h10-12,14,16H,5-9,13H2,1-4H3,(H,20,22). The van der Waals surface area contributed by atoms with Crippen molar-refractivity contribution in [2.24, 2.45) is 0 Å². The van der Waals surface area contributed by atoms with Crippen molar-refractivity contribution < 1.29 is 17.9 Å². The number of aryl methyl sites for hydroxylation is 1. The smallest absolute Gasteiger partial charge is 0.243 e. The molecule has 0 heterocycles. The highest BCUT2D eigenvalue weighted by Crippen LogP contribution is 2.28. The van der Waals surface area contributed by atoms with E-state index in [9.17, 15) is 13.2 Å². The number of amides is 1. The largest absolute Gasteiger partial charge is 0.490 e. The van der Waals surface area contributed by atoms with Crippen LogP contribution in [-0.4, -0.2) is 43.9 Å². The molecule has 1 aromatic rings. The molecular formula is C19H30N2O4S. The van der Waals surface area contributed by atoms with Crippen LogP contribution in [0, 0.1) is 6.92 Å². The monoisotopic (exact) mass is 382 g/mol. The second-order valence-corrected chi connectivity index (χ2v) is 9.04. The number of sulfonamides is 1. The van der Waals surface area contributed by atoms with Crippen LogP contribution in [0.1, 0.15) is 52.0 Å². The van der Waals surface area contributed by atoms with Gasteiger partial charge in [0.1, 0.15) is 5.75 Å². The summed E-state index contributed by atoms with van der Waals surface area (Å²) in [5, 5.41) is 2.73. The maximum atomic E-state index is 12.9. The SMILES string of the molecule is CCN(CC(=O)NC(C)C)S(=O)(=O)c1ccc(OC2CCCC2)c(C)c1. The van der Waals surface area contributed by atoms with Crippen LogP contribution in [0.4, 0.5) is 0 Å². The average molecular weight is 383 g/mol. The van der Waals surface area contributed by atoms with E-state index in [0.717, 1.165) is 24.2 Å². The molecule has 0 atom stereocenters. The van der Waals surface area contributed by atoms with Gasteiger partial charge in [0, 0.05) is 12.6 Å². The fourth-order valence-corrected chi connectivity index (χ4v) is 4.63. The molecule has 0 unspecified atom stereocenters. The molecule has 0 aromatic heterocycles. The van der Waals surface area contributed by atoms with E-state index in [0.29, 0.717) is 0 Å². The molecule has 2 rings (SSSR count). The highest BCUT2D eigenvalue weighted by atomic mass is 32.2. The Hall–Kier alpha value is -1.60. The molecule has 146 valence electrons. The van der Waals surface area contributed by atoms with Crippen LogP contribution in [-0.2, 0) is 14.8 Å². The van der Waals surface area contributed by atoms with Crippen molar-refractivity contribution in [3.05, 3.63) is 23.8 Å². The predicted molar refractivity (Wildman–Crippen MR) is 102 cm³/mol. The van der Waals surface area contributed by atoms with Gasteiger partial charge in [-0.05, 0) is 70.2 Å². The lowest BCUT2D eigenvalue weighted by Gasteiger charge is -2.22. The molecule has 1 saturated carbocycles. The van der Waals surface area contributed by atoms with E-state index in [1.807, 2.05) is 20.8 Å². The zero-order valence-corrected chi connectivity index (χ0v) is 16.9. The van der Waals surface area contributed by atoms with Crippen molar-refractivity contribution in [2.75, 3.05) is 13.1 Å². The minimum Gasteiger partial charge on any atom is -0.490 e. The van der Waals surface area contributed by atoms with Gasteiger partial charge in [0.25, 0.3) is 0 Å². The second kappa shape index (κ2) is 8.86. The molecule has 0 aliphatic heterocycles. The third kappa shape index (κ3) is 5.20. The normalized spacial score (nSPS) is 15.6. The minimum absolute atomic E-state index is 0.0295. The quantitative estimate of drug-likeness (QED) is 0.750. The van der Waals surface area contributed by atoms with Crippen LogP contribution in [0.2, 0.25) is 0 Å². The van der Waals surface area contributed by atoms with Gasteiger partial charge in [-0.15, -0.1) is 0 Å². The number of rotatable bonds is 8. The lowest BCUT2D eigenvalue weighted by molar-refractivity contribution is -0.121. The van der Waals surface area contributed by atoms with E-state index in [-0.39, 0.29) is 36.0 Å². The molecule has 1 aliphatic rings. The van der Waals surface area contributed by atoms with Gasteiger partial charge < -0.3 is 10.1 Å². The molecule has 0 radical (unpaired) electrons. The summed E-state index contributed by atoms with van der Waals surface area (Å²) >= 11 is 0. The van der Waals surface area contributed by atoms with Crippen molar-refractivity contribution in [2.45, 2.75) is 70.4 Å². The zero-order chi connectivity index (χ0) is 19.3. The van der Waals surface area contributed by atoms with Gasteiger partial charge in [-0.25, -0.2) is 8.42 Å². The fourth-order valence-electron chi connectivity index (χ4n) is 3.14. The van der Waals surface area contributed by atoms with Gasteiger partial charge in [0.15, 0.2) is 0 Å². The van der Waals surface area contributed by atoms with Crippen LogP contribution in [0.3, 0.4) is 0 Å². The summed E-state index contributed by atoms with van der Waals surface area (Å²) in [5.41, 5.74) is 0.792. The number of benzene rings is 1. The number of ether oxygens (including phenoxy) is 1. The molecule has 1 amide bonds. The highest BCUT2D eigenvalue weighted by Gasteiger charge is 2.26. The van der Waals surface area contributed by atoms with Crippen molar-refractivity contribution in [3.8, 4) is 5.75 Å². The van der Waals surface area contributed by atoms with Crippen molar-refractivity contribution >= 4 is 15.9 Å². The Labute approximate surface area is 157 Å². The Bertz CT molecular complexity index is 725. The molecular weight excluding hydrogens is 352 g/mol. The number of carbonyl (C=O) groups excluding carboxylic acids is 1. The van der Waals surface area contributed by atoms with Gasteiger partial charge >= 0.3 is 0 Å². The summed E-state index contributed by atoms with van der Waals surface area (Å²) in [6.07, 6.45) is 4.69. The number of nitrogens with zero attached hydrogens (tertiary/aromatic N) is 1. The summed E-state index contributed by atoms with van der Waals surface area (Å²) in [4.78, 5) is 12.2. The van der Waals surface area contributed by atoms with Crippen molar-refractivity contribution in [1.29, 1.82) is 0 Å². The van der Waals surface area contributed by atoms with Crippen LogP contribution in [0.5, 0.6) is 5.75 Å². The summed E-state index contributed by atoms with van der Waals surface area (Å²) in [6.45, 7) is 7.31. The number of carbonyl (C=O) groups is 1. The molecule has 1 fully saturated rings. The Morgan fingerprint density at radius 1 is 1.31 bits per heavy atom. The van der Waals surface area contributed by atoms with E-state index in [1.165, 1.54) is 17.1 Å². The van der Waals surface area contributed by atoms with Crippen LogP contribution in [0.25, 0.3) is 0 Å². The molecule has 1 N–H and O–H groups in total. The summed E-state index contributed by atoms with van der Waals surface area (Å²) < 4.78 is 33.0. The Morgan fingerprint density at radius 2 is 1.96 bits per heavy atom. The van der Waals surface area contributed by atoms with Gasteiger partial charge in [-0.1, -0.05) is 6.92 Å². The first kappa shape index (κ1) is 20.7. The molecule has 1 aliphatic carbocycles. The van der Waals surface area contributed by atoms with Crippen LogP contribution in [0.15, 0.2) is 23.1 Å². The number of likely N-dealkylation sites (N-methyl/N-ethyl adjacent to an activating group) is 1. The van der Waals surface area contributed by atoms with E-state index >= 15 is 0 Å². The average Bonchev–Trinajstić information content (AvgIpc) is 3.06. The van der Waals surface area contributed by atoms with Gasteiger partial charge in [-0.2, -0.15) is 4.31 Å². The Morgan fingerprint density at radius 3 is 2.50 bits per heavy atom. The first-order valence-corrected chi connectivity index (χ1v) is 10.7. The van der Waals surface area contributed by atoms with E-state index in [1.54, 1.807) is 25.1 Å². The molecule has 7 heteroatoms. The van der Waals surface area contributed by atoms with Gasteiger partial charge in [-0.3, -0.25) is 4.79 Å². The number of hydrogen-bond donors (Lipinski definition) is 1. The topological polar surface area (TPSA) is 75.7 Å². The second-order valence-electron chi connectivity index (χ2n) is 7.11. The van der Waals surface area contributed by atoms with Crippen molar-refractivity contribution in [3.63, 3.8) is 0 Å². The Kier molecular flexibility index (Phi) is 7.06. The first-order valence-electron chi connectivity index (χ1n) is 9.31. The minimum atomic E-state index is -3.73. The van der Waals surface area contributed by atoms with E-state index in [4.69, 9.17) is 4.74 Å². The summed E-state index contributed by atoms with van der Waals surface area (Å²) in [5.74, 6) is 0.430. The first-order chi connectivity index (χ1) is 12.2. The van der Waals surface area contributed by atoms with E-state index < -0.39 is 10.0 Å². The molecule has 0 saturated heterocycles. The lowest BCUT2D eigenvalue weighted by Crippen LogP contribution is -2.42. The maximum absolute atomic E-state index is 12.9. The third-order valence-electron chi connectivity index (χ3n) is 4.50. The lowest BCUT2D eigenvalue weighted by atomic mass is 10.2. The third-order valence-corrected chi connectivity index (χ3v) is 6.42. The summed E-state index contributed by atoms with van der Waals surface area (Å²) in [6, 6.07) is 4.89. The maximum Gasteiger partial charge on any atom is 0.243 e. The van der Waals surface area contributed by atoms with Gasteiger partial charge in [0.2, 0.25) is 15.9 Å². The van der Waals surface area contributed by atoms with Crippen molar-refractivity contribution in [1.82, 2.24) is 9.62 Å². The predicted octanol–water partition coefficient (Wildman–Crippen LogP) is 2.85. The van der Waals surface area contributed by atoms with Crippen LogP contribution >= 0.6 is 0 Å². The van der Waals surface area contributed by atoms with E-state index in [2.05, 4.69) is 5.32 Å². The molecule has 0 bridgehead atoms. The molecule has 1 aromatic carbocycles. The fraction of sp³-hybridized carbons (Fsp3) is 0.632. The summed E-state index contributed by atoms with van der Waals surface area (Å²) in [7, 11) is -3.73. The number of hydrogen-bond acceptors (Lipinski definition) is 4. The molecule has 26 heavy (non-hydrogen) atoms.